The zero-order valence-corrected chi connectivity index (χ0v) is 20.8. The van der Waals surface area contributed by atoms with Crippen molar-refractivity contribution < 1.29 is 9.53 Å². The van der Waals surface area contributed by atoms with E-state index < -0.39 is 0 Å². The van der Waals surface area contributed by atoms with Gasteiger partial charge in [-0.1, -0.05) is 42.5 Å². The Labute approximate surface area is 211 Å². The molecule has 0 saturated carbocycles. The Morgan fingerprint density at radius 3 is 2.36 bits per heavy atom. The first-order chi connectivity index (χ1) is 17.4. The summed E-state index contributed by atoms with van der Waals surface area (Å²) in [6, 6.07) is 25.9. The van der Waals surface area contributed by atoms with Gasteiger partial charge in [-0.15, -0.1) is 0 Å². The Morgan fingerprint density at radius 1 is 0.944 bits per heavy atom. The predicted molar refractivity (Wildman–Crippen MR) is 142 cm³/mol. The van der Waals surface area contributed by atoms with Crippen LogP contribution in [0.3, 0.4) is 0 Å². The quantitative estimate of drug-likeness (QED) is 0.353. The van der Waals surface area contributed by atoms with Gasteiger partial charge in [0.2, 0.25) is 0 Å². The average Bonchev–Trinajstić information content (AvgIpc) is 2.89. The SMILES string of the molecule is CN(C)CCCNC(=O)c1ccc(-c2cc(=O)n(C)nc2-c2ccccc2Oc2ccccc2)cc1. The van der Waals surface area contributed by atoms with Crippen LogP contribution in [0.25, 0.3) is 22.4 Å². The van der Waals surface area contributed by atoms with E-state index in [1.54, 1.807) is 25.2 Å². The van der Waals surface area contributed by atoms with E-state index >= 15 is 0 Å². The first-order valence-corrected chi connectivity index (χ1v) is 11.9. The fourth-order valence-electron chi connectivity index (χ4n) is 3.82. The number of benzene rings is 3. The van der Waals surface area contributed by atoms with Gasteiger partial charge in [0.15, 0.2) is 0 Å². The van der Waals surface area contributed by atoms with Crippen LogP contribution in [0.5, 0.6) is 11.5 Å². The van der Waals surface area contributed by atoms with Gasteiger partial charge in [-0.3, -0.25) is 9.59 Å². The third kappa shape index (κ3) is 6.06. The molecule has 0 fully saturated rings. The molecule has 7 heteroatoms. The highest BCUT2D eigenvalue weighted by atomic mass is 16.5. The maximum Gasteiger partial charge on any atom is 0.267 e. The Bertz CT molecular complexity index is 1380. The molecule has 0 saturated heterocycles. The summed E-state index contributed by atoms with van der Waals surface area (Å²) in [4.78, 5) is 27.2. The van der Waals surface area contributed by atoms with Crippen molar-refractivity contribution in [1.82, 2.24) is 20.0 Å². The zero-order chi connectivity index (χ0) is 25.5. The summed E-state index contributed by atoms with van der Waals surface area (Å²) in [6.07, 6.45) is 0.879. The number of hydrogen-bond donors (Lipinski definition) is 1. The second kappa shape index (κ2) is 11.5. The van der Waals surface area contributed by atoms with Crippen molar-refractivity contribution in [3.63, 3.8) is 0 Å². The predicted octanol–water partition coefficient (Wildman–Crippen LogP) is 4.59. The van der Waals surface area contributed by atoms with Gasteiger partial charge in [-0.25, -0.2) is 4.68 Å². The number of nitrogens with zero attached hydrogens (tertiary/aromatic N) is 3. The summed E-state index contributed by atoms with van der Waals surface area (Å²) < 4.78 is 7.47. The molecule has 0 aliphatic carbocycles. The normalized spacial score (nSPS) is 10.9. The first-order valence-electron chi connectivity index (χ1n) is 11.9. The van der Waals surface area contributed by atoms with E-state index in [2.05, 4.69) is 15.3 Å². The minimum atomic E-state index is -0.224. The van der Waals surface area contributed by atoms with Crippen LogP contribution in [0.4, 0.5) is 0 Å². The minimum absolute atomic E-state index is 0.121. The zero-order valence-electron chi connectivity index (χ0n) is 20.8. The summed E-state index contributed by atoms with van der Waals surface area (Å²) in [5.74, 6) is 1.21. The Hall–Kier alpha value is -4.23. The van der Waals surface area contributed by atoms with Gasteiger partial charge < -0.3 is 15.0 Å². The van der Waals surface area contributed by atoms with Crippen molar-refractivity contribution in [1.29, 1.82) is 0 Å². The third-order valence-corrected chi connectivity index (χ3v) is 5.73. The van der Waals surface area contributed by atoms with E-state index in [0.717, 1.165) is 24.1 Å². The Morgan fingerprint density at radius 2 is 1.64 bits per heavy atom. The summed E-state index contributed by atoms with van der Waals surface area (Å²) in [5, 5.41) is 7.53. The highest BCUT2D eigenvalue weighted by Gasteiger charge is 2.17. The monoisotopic (exact) mass is 482 g/mol. The van der Waals surface area contributed by atoms with E-state index in [1.165, 1.54) is 4.68 Å². The number of nitrogens with one attached hydrogen (secondary N) is 1. The smallest absolute Gasteiger partial charge is 0.267 e. The molecule has 0 bridgehead atoms. The molecule has 1 N–H and O–H groups in total. The molecule has 1 heterocycles. The van der Waals surface area contributed by atoms with Gasteiger partial charge in [0, 0.05) is 36.3 Å². The van der Waals surface area contributed by atoms with Crippen molar-refractivity contribution in [2.24, 2.45) is 7.05 Å². The number of carbonyl (C=O) groups is 1. The topological polar surface area (TPSA) is 76.5 Å². The molecule has 3 aromatic carbocycles. The Kier molecular flexibility index (Phi) is 7.92. The summed E-state index contributed by atoms with van der Waals surface area (Å²) in [7, 11) is 5.64. The molecule has 184 valence electrons. The van der Waals surface area contributed by atoms with Gasteiger partial charge in [0.05, 0.1) is 0 Å². The van der Waals surface area contributed by atoms with E-state index in [1.807, 2.05) is 80.8 Å². The molecule has 0 spiro atoms. The lowest BCUT2D eigenvalue weighted by molar-refractivity contribution is 0.0952. The molecule has 1 amide bonds. The summed E-state index contributed by atoms with van der Waals surface area (Å²) in [6.45, 7) is 1.52. The maximum atomic E-state index is 12.5. The standard InChI is InChI=1S/C29H30N4O3/c1-32(2)19-9-18-30-29(35)22-16-14-21(15-17-22)25-20-27(34)33(3)31-28(25)24-12-7-8-13-26(24)36-23-10-5-4-6-11-23/h4-8,10-17,20H,9,18-19H2,1-3H3,(H,30,35). The molecule has 0 atom stereocenters. The van der Waals surface area contributed by atoms with Crippen LogP contribution in [0.15, 0.2) is 89.7 Å². The number of aryl methyl sites for hydroxylation is 1. The number of ether oxygens (including phenoxy) is 1. The lowest BCUT2D eigenvalue weighted by atomic mass is 9.98. The van der Waals surface area contributed by atoms with Crippen molar-refractivity contribution in [2.45, 2.75) is 6.42 Å². The summed E-state index contributed by atoms with van der Waals surface area (Å²) >= 11 is 0. The highest BCUT2D eigenvalue weighted by molar-refractivity contribution is 5.95. The molecule has 0 unspecified atom stereocenters. The van der Waals surface area contributed by atoms with Crippen LogP contribution in [0.2, 0.25) is 0 Å². The molecule has 0 aliphatic heterocycles. The van der Waals surface area contributed by atoms with Crippen molar-refractivity contribution in [2.75, 3.05) is 27.2 Å². The van der Waals surface area contributed by atoms with E-state index in [-0.39, 0.29) is 11.5 Å². The molecule has 36 heavy (non-hydrogen) atoms. The van der Waals surface area contributed by atoms with Crippen LogP contribution < -0.4 is 15.6 Å². The van der Waals surface area contributed by atoms with Crippen molar-refractivity contribution in [3.8, 4) is 33.9 Å². The van der Waals surface area contributed by atoms with Gasteiger partial charge >= 0.3 is 0 Å². The lowest BCUT2D eigenvalue weighted by Crippen LogP contribution is -2.27. The summed E-state index contributed by atoms with van der Waals surface area (Å²) in [5.41, 5.74) is 3.17. The van der Waals surface area contributed by atoms with Crippen LogP contribution in [0, 0.1) is 0 Å². The van der Waals surface area contributed by atoms with Crippen LogP contribution in [-0.2, 0) is 7.05 Å². The lowest BCUT2D eigenvalue weighted by Gasteiger charge is -2.15. The van der Waals surface area contributed by atoms with Gasteiger partial charge in [-0.2, -0.15) is 5.10 Å². The number of para-hydroxylation sites is 2. The molecule has 0 radical (unpaired) electrons. The largest absolute Gasteiger partial charge is 0.457 e. The third-order valence-electron chi connectivity index (χ3n) is 5.73. The average molecular weight is 483 g/mol. The van der Waals surface area contributed by atoms with E-state index in [0.29, 0.717) is 34.9 Å². The number of amides is 1. The van der Waals surface area contributed by atoms with Gasteiger partial charge in [-0.05, 0) is 69.0 Å². The molecule has 4 aromatic rings. The van der Waals surface area contributed by atoms with Crippen molar-refractivity contribution >= 4 is 5.91 Å². The number of carbonyl (C=O) groups excluding carboxylic acids is 1. The number of rotatable bonds is 9. The minimum Gasteiger partial charge on any atom is -0.457 e. The fourth-order valence-corrected chi connectivity index (χ4v) is 3.82. The maximum absolute atomic E-state index is 12.5. The number of hydrogen-bond acceptors (Lipinski definition) is 5. The van der Waals surface area contributed by atoms with Crippen molar-refractivity contribution in [3.05, 3.63) is 101 Å². The van der Waals surface area contributed by atoms with Crippen LogP contribution in [-0.4, -0.2) is 47.8 Å². The molecule has 0 aliphatic rings. The second-order valence-corrected chi connectivity index (χ2v) is 8.77. The van der Waals surface area contributed by atoms with E-state index in [9.17, 15) is 9.59 Å². The fraction of sp³-hybridized carbons (Fsp3) is 0.207. The van der Waals surface area contributed by atoms with Crippen LogP contribution in [0.1, 0.15) is 16.8 Å². The first kappa shape index (κ1) is 24.9. The molecular weight excluding hydrogens is 452 g/mol. The Balaban J connectivity index is 1.65. The molecule has 4 rings (SSSR count). The van der Waals surface area contributed by atoms with Gasteiger partial charge in [0.1, 0.15) is 17.2 Å². The van der Waals surface area contributed by atoms with E-state index in [4.69, 9.17) is 4.74 Å². The molecule has 1 aromatic heterocycles. The molecule has 7 nitrogen and oxygen atoms in total. The second-order valence-electron chi connectivity index (χ2n) is 8.77. The molecular formula is C29H30N4O3. The van der Waals surface area contributed by atoms with Gasteiger partial charge in [0.25, 0.3) is 11.5 Å². The highest BCUT2D eigenvalue weighted by Crippen LogP contribution is 2.37. The number of aromatic nitrogens is 2. The van der Waals surface area contributed by atoms with Crippen LogP contribution >= 0.6 is 0 Å².